The molecule has 0 radical (unpaired) electrons. The molecule has 8 bridgehead atoms. The third-order valence-corrected chi connectivity index (χ3v) is 4.24. The molecular weight excluding hydrogens is 352 g/mol. The molecule has 0 aliphatic carbocycles. The largest absolute Gasteiger partial charge is 0.457 e. The zero-order valence-corrected chi connectivity index (χ0v) is 14.9. The van der Waals surface area contributed by atoms with E-state index in [0.717, 1.165) is 43.3 Å². The predicted octanol–water partition coefficient (Wildman–Crippen LogP) is -0.583. The van der Waals surface area contributed by atoms with Crippen LogP contribution in [-0.4, -0.2) is 0 Å². The summed E-state index contributed by atoms with van der Waals surface area (Å²) in [6.45, 7) is 0. The van der Waals surface area contributed by atoms with Gasteiger partial charge in [0.2, 0.25) is 0 Å². The molecule has 0 amide bonds. The topological polar surface area (TPSA) is 52.6 Å². The van der Waals surface area contributed by atoms with Gasteiger partial charge in [0.15, 0.2) is 0 Å². The Hall–Kier alpha value is -3.92. The van der Waals surface area contributed by atoms with Gasteiger partial charge in [-0.15, -0.1) is 0 Å². The van der Waals surface area contributed by atoms with Crippen molar-refractivity contribution in [2.45, 2.75) is 0 Å². The molecule has 5 rings (SSSR count). The molecule has 0 unspecified atom stereocenters. The van der Waals surface area contributed by atoms with Crippen LogP contribution in [0, 0.1) is 0 Å². The highest BCUT2D eigenvalue weighted by atomic mass is 16.3. The SMILES string of the molecule is C1=c2/cc/c(o2)=C/C=c2\cc/c(o2)=C\C=c2/cc/c(o2)=C\C=c2/cc\c(o2)=C/1. The van der Waals surface area contributed by atoms with Gasteiger partial charge in [-0.25, -0.2) is 0 Å². The van der Waals surface area contributed by atoms with Crippen molar-refractivity contribution in [2.24, 2.45) is 0 Å². The van der Waals surface area contributed by atoms with Crippen molar-refractivity contribution in [2.75, 3.05) is 0 Å². The molecule has 4 nitrogen and oxygen atoms in total. The summed E-state index contributed by atoms with van der Waals surface area (Å²) in [7, 11) is 0. The minimum atomic E-state index is 0.744. The quantitative estimate of drug-likeness (QED) is 0.417. The summed E-state index contributed by atoms with van der Waals surface area (Å²) in [6, 6.07) is 15.3. The fraction of sp³-hybridized carbons (Fsp3) is 0. The highest BCUT2D eigenvalue weighted by Gasteiger charge is 1.90. The summed E-state index contributed by atoms with van der Waals surface area (Å²) in [6.07, 6.45) is 15.0. The maximum atomic E-state index is 5.78. The summed E-state index contributed by atoms with van der Waals surface area (Å²) in [5, 5.41) is 0. The van der Waals surface area contributed by atoms with E-state index in [-0.39, 0.29) is 0 Å². The summed E-state index contributed by atoms with van der Waals surface area (Å²) in [4.78, 5) is 0. The Balaban J connectivity index is 1.74. The van der Waals surface area contributed by atoms with Gasteiger partial charge in [0.05, 0.1) is 0 Å². The van der Waals surface area contributed by atoms with Crippen LogP contribution < -0.4 is 43.3 Å². The van der Waals surface area contributed by atoms with Gasteiger partial charge >= 0.3 is 0 Å². The standard InChI is InChI=1S/C24H16O4/c1-2-18-11-12-20-5-6-22(27-20)15-16-24-8-7-23(28-24)14-13-21-4-3-19(26-21)10-9-17(1)25-18/h1-16H/b10-9?,12-11?,14-13?,16-15?,17-9-,18-11-,19-10+,20-12+,21-13+,22-15+,23-14+,24-16+. The van der Waals surface area contributed by atoms with Gasteiger partial charge in [0, 0.05) is 0 Å². The van der Waals surface area contributed by atoms with Crippen molar-refractivity contribution in [1.29, 1.82) is 0 Å². The second-order valence-electron chi connectivity index (χ2n) is 6.29. The van der Waals surface area contributed by atoms with Crippen molar-refractivity contribution in [1.82, 2.24) is 0 Å². The van der Waals surface area contributed by atoms with Gasteiger partial charge in [-0.3, -0.25) is 0 Å². The fourth-order valence-electron chi connectivity index (χ4n) is 2.85. The van der Waals surface area contributed by atoms with Gasteiger partial charge in [0.25, 0.3) is 0 Å². The Labute approximate surface area is 158 Å². The molecule has 28 heavy (non-hydrogen) atoms. The van der Waals surface area contributed by atoms with Gasteiger partial charge in [0.1, 0.15) is 43.3 Å². The van der Waals surface area contributed by atoms with E-state index in [4.69, 9.17) is 17.7 Å². The lowest BCUT2D eigenvalue weighted by molar-refractivity contribution is 0.496. The van der Waals surface area contributed by atoms with Crippen LogP contribution in [0.15, 0.2) is 66.2 Å². The Morgan fingerprint density at radius 2 is 0.393 bits per heavy atom. The minimum absolute atomic E-state index is 0.744. The van der Waals surface area contributed by atoms with Crippen LogP contribution in [0.25, 0.3) is 48.6 Å². The van der Waals surface area contributed by atoms with E-state index < -0.39 is 0 Å². The third-order valence-electron chi connectivity index (χ3n) is 4.24. The van der Waals surface area contributed by atoms with Crippen LogP contribution >= 0.6 is 0 Å². The normalized spacial score (nSPS) is 22.9. The van der Waals surface area contributed by atoms with Crippen molar-refractivity contribution in [3.8, 4) is 0 Å². The third kappa shape index (κ3) is 3.62. The van der Waals surface area contributed by atoms with E-state index >= 15 is 0 Å². The molecular formula is C24H16O4. The average Bonchev–Trinajstić information content (AvgIpc) is 3.49. The summed E-state index contributed by atoms with van der Waals surface area (Å²) < 4.78 is 23.1. The number of hydrogen-bond donors (Lipinski definition) is 0. The number of fused-ring (bicyclic) bond motifs is 8. The van der Waals surface area contributed by atoms with E-state index in [1.54, 1.807) is 0 Å². The first-order chi connectivity index (χ1) is 13.8. The van der Waals surface area contributed by atoms with Crippen molar-refractivity contribution >= 4 is 48.6 Å². The molecule has 0 saturated heterocycles. The van der Waals surface area contributed by atoms with E-state index in [9.17, 15) is 0 Å². The molecule has 4 aromatic rings. The predicted molar refractivity (Wildman–Crippen MR) is 108 cm³/mol. The molecule has 4 aromatic heterocycles. The molecule has 1 aliphatic heterocycles. The molecule has 0 atom stereocenters. The highest BCUT2D eigenvalue weighted by Crippen LogP contribution is 1.81. The Kier molecular flexibility index (Phi) is 4.07. The van der Waals surface area contributed by atoms with Crippen LogP contribution in [0.3, 0.4) is 0 Å². The maximum Gasteiger partial charge on any atom is 0.127 e. The zero-order chi connectivity index (χ0) is 18.8. The number of hydrogen-bond acceptors (Lipinski definition) is 4. The summed E-state index contributed by atoms with van der Waals surface area (Å²) >= 11 is 0. The van der Waals surface area contributed by atoms with Crippen LogP contribution in [-0.2, 0) is 0 Å². The molecule has 0 spiro atoms. The van der Waals surface area contributed by atoms with E-state index in [1.165, 1.54) is 0 Å². The first-order valence-electron chi connectivity index (χ1n) is 8.92. The van der Waals surface area contributed by atoms with Crippen LogP contribution in [0.1, 0.15) is 0 Å². The van der Waals surface area contributed by atoms with E-state index in [1.807, 2.05) is 97.1 Å². The van der Waals surface area contributed by atoms with Crippen molar-refractivity contribution < 1.29 is 17.7 Å². The second-order valence-corrected chi connectivity index (χ2v) is 6.29. The number of rotatable bonds is 0. The first kappa shape index (κ1) is 16.3. The highest BCUT2D eigenvalue weighted by molar-refractivity contribution is 5.62. The molecule has 0 saturated carbocycles. The second kappa shape index (κ2) is 7.00. The van der Waals surface area contributed by atoms with E-state index in [0.29, 0.717) is 0 Å². The van der Waals surface area contributed by atoms with Crippen molar-refractivity contribution in [3.63, 3.8) is 0 Å². The average molecular weight is 368 g/mol. The monoisotopic (exact) mass is 368 g/mol. The lowest BCUT2D eigenvalue weighted by atomic mass is 10.4. The molecule has 5 heterocycles. The van der Waals surface area contributed by atoms with Gasteiger partial charge in [-0.1, -0.05) is 0 Å². The maximum absolute atomic E-state index is 5.78. The smallest absolute Gasteiger partial charge is 0.127 e. The lowest BCUT2D eigenvalue weighted by Gasteiger charge is -1.78. The zero-order valence-electron chi connectivity index (χ0n) is 14.9. The van der Waals surface area contributed by atoms with Crippen LogP contribution in [0.5, 0.6) is 0 Å². The molecule has 0 N–H and O–H groups in total. The molecule has 0 fully saturated rings. The summed E-state index contributed by atoms with van der Waals surface area (Å²) in [5.74, 6) is 0. The van der Waals surface area contributed by atoms with Crippen LogP contribution in [0.2, 0.25) is 0 Å². The first-order valence-corrected chi connectivity index (χ1v) is 8.92. The Morgan fingerprint density at radius 1 is 0.250 bits per heavy atom. The van der Waals surface area contributed by atoms with Gasteiger partial charge in [-0.2, -0.15) is 0 Å². The Morgan fingerprint density at radius 3 is 0.536 bits per heavy atom. The molecule has 0 aromatic carbocycles. The summed E-state index contributed by atoms with van der Waals surface area (Å²) in [5.41, 5.74) is 5.95. The van der Waals surface area contributed by atoms with E-state index in [2.05, 4.69) is 0 Å². The van der Waals surface area contributed by atoms with Crippen molar-refractivity contribution in [3.05, 3.63) is 91.9 Å². The van der Waals surface area contributed by atoms with Crippen LogP contribution in [0.4, 0.5) is 0 Å². The molecule has 1 aliphatic rings. The number of furan rings is 4. The fourth-order valence-corrected chi connectivity index (χ4v) is 2.85. The minimum Gasteiger partial charge on any atom is -0.457 e. The lowest BCUT2D eigenvalue weighted by Crippen LogP contribution is -2.03. The van der Waals surface area contributed by atoms with Gasteiger partial charge < -0.3 is 17.7 Å². The Bertz CT molecular complexity index is 1250. The molecule has 136 valence electrons. The van der Waals surface area contributed by atoms with Gasteiger partial charge in [-0.05, 0) is 97.1 Å². The molecule has 4 heteroatoms.